The molecule has 2 fully saturated rings. The van der Waals surface area contributed by atoms with E-state index < -0.39 is 15.8 Å². The summed E-state index contributed by atoms with van der Waals surface area (Å²) in [5.41, 5.74) is 0. The van der Waals surface area contributed by atoms with Gasteiger partial charge < -0.3 is 9.64 Å². The molecule has 1 saturated carbocycles. The molecule has 1 saturated heterocycles. The molecule has 0 spiro atoms. The van der Waals surface area contributed by atoms with Crippen molar-refractivity contribution in [3.05, 3.63) is 30.1 Å². The molecule has 0 unspecified atom stereocenters. The number of hydrogen-bond acceptors (Lipinski definition) is 5. The number of hydrogen-bond donors (Lipinski definition) is 0. The van der Waals surface area contributed by atoms with Crippen LogP contribution in [0.3, 0.4) is 0 Å². The maximum absolute atomic E-state index is 13.0. The predicted molar refractivity (Wildman–Crippen MR) is 90.0 cm³/mol. The zero-order valence-electron chi connectivity index (χ0n) is 14.4. The summed E-state index contributed by atoms with van der Waals surface area (Å²) in [6.45, 7) is 2.35. The van der Waals surface area contributed by atoms with Crippen molar-refractivity contribution in [2.45, 2.75) is 18.2 Å². The fraction of sp³-hybridized carbons (Fsp3) is 0.529. The smallest absolute Gasteiger partial charge is 0.309 e. The minimum Gasteiger partial charge on any atom is -0.455 e. The number of carbonyl (C=O) groups is 2. The monoisotopic (exact) mass is 384 g/mol. The Hall–Kier alpha value is -2.00. The van der Waals surface area contributed by atoms with Crippen LogP contribution in [0.15, 0.2) is 29.2 Å². The Bertz CT molecular complexity index is 788. The van der Waals surface area contributed by atoms with Crippen molar-refractivity contribution in [2.24, 2.45) is 11.8 Å². The molecule has 0 aromatic heterocycles. The lowest BCUT2D eigenvalue weighted by molar-refractivity contribution is -0.153. The topological polar surface area (TPSA) is 84.0 Å². The number of benzene rings is 1. The molecular weight excluding hydrogens is 363 g/mol. The van der Waals surface area contributed by atoms with Crippen LogP contribution in [0.2, 0.25) is 0 Å². The van der Waals surface area contributed by atoms with Crippen LogP contribution in [-0.2, 0) is 24.3 Å². The molecule has 1 aromatic carbocycles. The molecular formula is C17H21FN2O5S. The third-order valence-corrected chi connectivity index (χ3v) is 6.71. The van der Waals surface area contributed by atoms with Crippen molar-refractivity contribution in [1.29, 1.82) is 0 Å². The van der Waals surface area contributed by atoms with Crippen LogP contribution in [-0.4, -0.2) is 62.3 Å². The molecule has 0 bridgehead atoms. The normalized spacial score (nSPS) is 23.5. The van der Waals surface area contributed by atoms with Crippen molar-refractivity contribution in [2.75, 3.05) is 32.8 Å². The van der Waals surface area contributed by atoms with Crippen LogP contribution in [0.5, 0.6) is 0 Å². The number of nitrogens with zero attached hydrogens (tertiary/aromatic N) is 2. The van der Waals surface area contributed by atoms with E-state index in [0.717, 1.165) is 18.6 Å². The number of carbonyl (C=O) groups excluding carboxylic acids is 2. The first kappa shape index (κ1) is 18.8. The Morgan fingerprint density at radius 3 is 2.27 bits per heavy atom. The van der Waals surface area contributed by atoms with Crippen molar-refractivity contribution in [3.63, 3.8) is 0 Å². The van der Waals surface area contributed by atoms with Gasteiger partial charge in [-0.3, -0.25) is 9.59 Å². The second kappa shape index (κ2) is 7.32. The van der Waals surface area contributed by atoms with Gasteiger partial charge in [-0.2, -0.15) is 4.31 Å². The molecule has 3 rings (SSSR count). The van der Waals surface area contributed by atoms with E-state index in [1.54, 1.807) is 0 Å². The number of amides is 1. The lowest BCUT2D eigenvalue weighted by Gasteiger charge is -2.33. The summed E-state index contributed by atoms with van der Waals surface area (Å²) >= 11 is 0. The van der Waals surface area contributed by atoms with E-state index in [1.165, 1.54) is 21.3 Å². The summed E-state index contributed by atoms with van der Waals surface area (Å²) in [6, 6.07) is 4.64. The predicted octanol–water partition coefficient (Wildman–Crippen LogP) is 0.858. The number of sulfonamides is 1. The summed E-state index contributed by atoms with van der Waals surface area (Å²) in [5, 5.41) is 0. The fourth-order valence-electron chi connectivity index (χ4n) is 2.92. The highest BCUT2D eigenvalue weighted by atomic mass is 32.2. The summed E-state index contributed by atoms with van der Waals surface area (Å²) in [4.78, 5) is 25.3. The third kappa shape index (κ3) is 4.04. The molecule has 142 valence electrons. The number of rotatable bonds is 5. The Balaban J connectivity index is 1.51. The molecule has 1 aromatic rings. The van der Waals surface area contributed by atoms with Gasteiger partial charge in [0.2, 0.25) is 10.0 Å². The minimum atomic E-state index is -3.72. The van der Waals surface area contributed by atoms with Crippen LogP contribution < -0.4 is 0 Å². The van der Waals surface area contributed by atoms with E-state index in [0.29, 0.717) is 5.92 Å². The summed E-state index contributed by atoms with van der Waals surface area (Å²) in [6.07, 6.45) is 0.799. The Morgan fingerprint density at radius 1 is 1.15 bits per heavy atom. The van der Waals surface area contributed by atoms with Gasteiger partial charge in [0.25, 0.3) is 5.91 Å². The molecule has 1 aliphatic carbocycles. The highest BCUT2D eigenvalue weighted by molar-refractivity contribution is 7.89. The second-order valence-corrected chi connectivity index (χ2v) is 8.60. The zero-order chi connectivity index (χ0) is 18.9. The molecule has 26 heavy (non-hydrogen) atoms. The van der Waals surface area contributed by atoms with Crippen molar-refractivity contribution < 1.29 is 27.1 Å². The highest BCUT2D eigenvalue weighted by Gasteiger charge is 2.41. The van der Waals surface area contributed by atoms with Gasteiger partial charge >= 0.3 is 5.97 Å². The Kier molecular flexibility index (Phi) is 5.29. The van der Waals surface area contributed by atoms with E-state index in [1.807, 2.05) is 6.92 Å². The maximum atomic E-state index is 13.0. The minimum absolute atomic E-state index is 0.0196. The average molecular weight is 384 g/mol. The van der Waals surface area contributed by atoms with Crippen LogP contribution in [0.1, 0.15) is 13.3 Å². The van der Waals surface area contributed by atoms with Gasteiger partial charge in [-0.15, -0.1) is 0 Å². The van der Waals surface area contributed by atoms with Gasteiger partial charge in [-0.25, -0.2) is 12.8 Å². The molecule has 1 heterocycles. The summed E-state index contributed by atoms with van der Waals surface area (Å²) in [5.74, 6) is -0.957. The molecule has 0 N–H and O–H groups in total. The van der Waals surface area contributed by atoms with Crippen LogP contribution in [0.4, 0.5) is 4.39 Å². The lowest BCUT2D eigenvalue weighted by atomic mass is 10.3. The summed E-state index contributed by atoms with van der Waals surface area (Å²) < 4.78 is 44.3. The number of ether oxygens (including phenoxy) is 1. The van der Waals surface area contributed by atoms with E-state index in [9.17, 15) is 22.4 Å². The Labute approximate surface area is 151 Å². The molecule has 2 aliphatic rings. The highest BCUT2D eigenvalue weighted by Crippen LogP contribution is 2.38. The molecule has 9 heteroatoms. The maximum Gasteiger partial charge on any atom is 0.309 e. The average Bonchev–Trinajstić information content (AvgIpc) is 3.36. The number of halogens is 1. The van der Waals surface area contributed by atoms with Crippen molar-refractivity contribution in [3.8, 4) is 0 Å². The largest absolute Gasteiger partial charge is 0.455 e. The van der Waals surface area contributed by atoms with E-state index in [4.69, 9.17) is 4.74 Å². The van der Waals surface area contributed by atoms with Gasteiger partial charge in [0.1, 0.15) is 5.82 Å². The first-order valence-electron chi connectivity index (χ1n) is 8.49. The first-order valence-corrected chi connectivity index (χ1v) is 9.93. The van der Waals surface area contributed by atoms with Crippen LogP contribution in [0, 0.1) is 17.7 Å². The number of esters is 1. The fourth-order valence-corrected chi connectivity index (χ4v) is 4.34. The van der Waals surface area contributed by atoms with E-state index in [2.05, 4.69) is 0 Å². The first-order chi connectivity index (χ1) is 12.3. The van der Waals surface area contributed by atoms with Crippen LogP contribution >= 0.6 is 0 Å². The molecule has 1 amide bonds. The van der Waals surface area contributed by atoms with Crippen molar-refractivity contribution >= 4 is 21.9 Å². The van der Waals surface area contributed by atoms with Gasteiger partial charge in [-0.1, -0.05) is 6.92 Å². The van der Waals surface area contributed by atoms with Crippen molar-refractivity contribution in [1.82, 2.24) is 9.21 Å². The lowest BCUT2D eigenvalue weighted by Crippen LogP contribution is -2.51. The van der Waals surface area contributed by atoms with Gasteiger partial charge in [0, 0.05) is 26.2 Å². The molecule has 1 aliphatic heterocycles. The van der Waals surface area contributed by atoms with Gasteiger partial charge in [0.05, 0.1) is 10.8 Å². The van der Waals surface area contributed by atoms with Crippen LogP contribution in [0.25, 0.3) is 0 Å². The Morgan fingerprint density at radius 2 is 1.73 bits per heavy atom. The van der Waals surface area contributed by atoms with Gasteiger partial charge in [-0.05, 0) is 36.6 Å². The second-order valence-electron chi connectivity index (χ2n) is 6.67. The third-order valence-electron chi connectivity index (χ3n) is 4.79. The molecule has 0 radical (unpaired) electrons. The standard InChI is InChI=1S/C17H21FN2O5S/c1-12-10-15(12)17(22)25-11-16(21)19-6-8-20(9-7-19)26(23,24)14-4-2-13(18)3-5-14/h2-5,12,15H,6-11H2,1H3/t12-,15-/m1/s1. The summed E-state index contributed by atoms with van der Waals surface area (Å²) in [7, 11) is -3.72. The zero-order valence-corrected chi connectivity index (χ0v) is 15.2. The van der Waals surface area contributed by atoms with Gasteiger partial charge in [0.15, 0.2) is 6.61 Å². The SMILES string of the molecule is C[C@@H]1C[C@H]1C(=O)OCC(=O)N1CCN(S(=O)(=O)c2ccc(F)cc2)CC1. The quantitative estimate of drug-likeness (QED) is 0.703. The van der Waals surface area contributed by atoms with E-state index >= 15 is 0 Å². The molecule has 7 nitrogen and oxygen atoms in total. The molecule has 2 atom stereocenters. The van der Waals surface area contributed by atoms with E-state index in [-0.39, 0.29) is 55.5 Å². The number of piperazine rings is 1.